The number of hydrogen-bond acceptors (Lipinski definition) is 2. The van der Waals surface area contributed by atoms with E-state index >= 15 is 0 Å². The van der Waals surface area contributed by atoms with Crippen LogP contribution in [0, 0.1) is 6.92 Å². The van der Waals surface area contributed by atoms with Gasteiger partial charge in [-0.3, -0.25) is 4.79 Å². The van der Waals surface area contributed by atoms with E-state index in [4.69, 9.17) is 5.73 Å². The normalized spacial score (nSPS) is 11.0. The van der Waals surface area contributed by atoms with E-state index in [0.29, 0.717) is 17.9 Å². The lowest BCUT2D eigenvalue weighted by Gasteiger charge is -1.97. The summed E-state index contributed by atoms with van der Waals surface area (Å²) in [5, 5.41) is 1.19. The maximum Gasteiger partial charge on any atom is 0.166 e. The molecule has 0 aliphatic rings. The Morgan fingerprint density at radius 3 is 2.79 bits per heavy atom. The number of para-hydroxylation sites is 1. The van der Waals surface area contributed by atoms with E-state index < -0.39 is 0 Å². The van der Waals surface area contributed by atoms with E-state index in [2.05, 4.69) is 35.1 Å². The van der Waals surface area contributed by atoms with Crippen molar-refractivity contribution in [2.24, 2.45) is 0 Å². The summed E-state index contributed by atoms with van der Waals surface area (Å²) in [6.45, 7) is 2.08. The fraction of sp³-hybridized carbons (Fsp3) is 0.133. The molecule has 0 fully saturated rings. The quantitative estimate of drug-likeness (QED) is 0.628. The summed E-state index contributed by atoms with van der Waals surface area (Å²) in [5.41, 5.74) is 10.8. The minimum atomic E-state index is 0.514. The molecule has 4 heteroatoms. The van der Waals surface area contributed by atoms with Crippen molar-refractivity contribution in [2.45, 2.75) is 13.3 Å². The number of carbonyl (C=O) groups excluding carboxylic acids is 1. The number of hydrogen-bond donors (Lipinski definition) is 3. The predicted octanol–water partition coefficient (Wildman–Crippen LogP) is 2.79. The number of nitrogens with two attached hydrogens (primary N) is 1. The van der Waals surface area contributed by atoms with Crippen LogP contribution in [-0.4, -0.2) is 16.3 Å². The van der Waals surface area contributed by atoms with Crippen LogP contribution in [0.5, 0.6) is 0 Å². The molecule has 2 heterocycles. The molecule has 0 bridgehead atoms. The first-order valence-electron chi connectivity index (χ1n) is 6.17. The summed E-state index contributed by atoms with van der Waals surface area (Å²) in [4.78, 5) is 17.0. The zero-order chi connectivity index (χ0) is 13.4. The van der Waals surface area contributed by atoms with Crippen molar-refractivity contribution in [3.8, 4) is 0 Å². The van der Waals surface area contributed by atoms with Gasteiger partial charge >= 0.3 is 0 Å². The van der Waals surface area contributed by atoms with Crippen molar-refractivity contribution in [1.29, 1.82) is 0 Å². The van der Waals surface area contributed by atoms with Crippen molar-refractivity contribution < 1.29 is 4.79 Å². The van der Waals surface area contributed by atoms with E-state index in [-0.39, 0.29) is 0 Å². The molecule has 19 heavy (non-hydrogen) atoms. The second-order valence-corrected chi connectivity index (χ2v) is 4.79. The van der Waals surface area contributed by atoms with Crippen molar-refractivity contribution in [2.75, 3.05) is 5.73 Å². The molecule has 0 aliphatic heterocycles. The van der Waals surface area contributed by atoms with Gasteiger partial charge in [-0.15, -0.1) is 0 Å². The van der Waals surface area contributed by atoms with Gasteiger partial charge in [0.25, 0.3) is 0 Å². The number of aromatic amines is 2. The molecule has 0 atom stereocenters. The Morgan fingerprint density at radius 2 is 2.11 bits per heavy atom. The Morgan fingerprint density at radius 1 is 1.26 bits per heavy atom. The number of aryl methyl sites for hydroxylation is 1. The highest BCUT2D eigenvalue weighted by Crippen LogP contribution is 2.22. The van der Waals surface area contributed by atoms with Crippen LogP contribution in [0.25, 0.3) is 10.9 Å². The van der Waals surface area contributed by atoms with Crippen LogP contribution in [0.4, 0.5) is 5.82 Å². The second-order valence-electron chi connectivity index (χ2n) is 4.79. The molecular weight excluding hydrogens is 238 g/mol. The van der Waals surface area contributed by atoms with Gasteiger partial charge in [-0.25, -0.2) is 0 Å². The zero-order valence-corrected chi connectivity index (χ0v) is 10.7. The van der Waals surface area contributed by atoms with Crippen LogP contribution in [0.3, 0.4) is 0 Å². The standard InChI is InChI=1S/C15H15N3O/c1-9-3-2-4-10-5-12(17-14(9)10)6-11-7-13(8-19)18-15(11)16/h2-5,7-8,17-18H,6,16H2,1H3. The van der Waals surface area contributed by atoms with Gasteiger partial charge in [0.2, 0.25) is 0 Å². The van der Waals surface area contributed by atoms with E-state index in [1.807, 2.05) is 6.07 Å². The van der Waals surface area contributed by atoms with Crippen LogP contribution >= 0.6 is 0 Å². The number of benzene rings is 1. The lowest BCUT2D eigenvalue weighted by atomic mass is 10.1. The van der Waals surface area contributed by atoms with E-state index in [9.17, 15) is 4.79 Å². The SMILES string of the molecule is Cc1cccc2cc(Cc3cc(C=O)[nH]c3N)[nH]c12. The Bertz CT molecular complexity index is 752. The van der Waals surface area contributed by atoms with Gasteiger partial charge in [0.1, 0.15) is 5.82 Å². The third kappa shape index (κ3) is 2.01. The highest BCUT2D eigenvalue weighted by Gasteiger charge is 2.08. The number of anilines is 1. The maximum atomic E-state index is 10.7. The molecule has 0 radical (unpaired) electrons. The van der Waals surface area contributed by atoms with Gasteiger partial charge in [0.05, 0.1) is 5.69 Å². The molecule has 0 unspecified atom stereocenters. The molecule has 96 valence electrons. The molecule has 0 saturated heterocycles. The highest BCUT2D eigenvalue weighted by atomic mass is 16.1. The summed E-state index contributed by atoms with van der Waals surface area (Å²) in [5.74, 6) is 0.553. The lowest BCUT2D eigenvalue weighted by molar-refractivity contribution is 0.111. The fourth-order valence-electron chi connectivity index (χ4n) is 2.41. The first-order valence-corrected chi connectivity index (χ1v) is 6.17. The predicted molar refractivity (Wildman–Crippen MR) is 76.4 cm³/mol. The molecule has 0 amide bonds. The van der Waals surface area contributed by atoms with Gasteiger partial charge < -0.3 is 15.7 Å². The van der Waals surface area contributed by atoms with Crippen molar-refractivity contribution >= 4 is 23.0 Å². The van der Waals surface area contributed by atoms with Gasteiger partial charge in [0.15, 0.2) is 6.29 Å². The monoisotopic (exact) mass is 253 g/mol. The average molecular weight is 253 g/mol. The molecule has 2 aromatic heterocycles. The van der Waals surface area contributed by atoms with Gasteiger partial charge in [-0.2, -0.15) is 0 Å². The van der Waals surface area contributed by atoms with Crippen LogP contribution in [0.15, 0.2) is 30.3 Å². The topological polar surface area (TPSA) is 74.7 Å². The summed E-state index contributed by atoms with van der Waals surface area (Å²) in [7, 11) is 0. The van der Waals surface area contributed by atoms with Crippen molar-refractivity contribution in [3.05, 3.63) is 52.8 Å². The number of carbonyl (C=O) groups is 1. The van der Waals surface area contributed by atoms with E-state index in [1.54, 1.807) is 6.07 Å². The number of rotatable bonds is 3. The number of aldehydes is 1. The minimum absolute atomic E-state index is 0.514. The highest BCUT2D eigenvalue weighted by molar-refractivity contribution is 5.83. The second kappa shape index (κ2) is 4.31. The zero-order valence-electron chi connectivity index (χ0n) is 10.7. The molecule has 4 nitrogen and oxygen atoms in total. The molecule has 1 aromatic carbocycles. The van der Waals surface area contributed by atoms with Crippen LogP contribution in [0.2, 0.25) is 0 Å². The van der Waals surface area contributed by atoms with Crippen molar-refractivity contribution in [3.63, 3.8) is 0 Å². The maximum absolute atomic E-state index is 10.7. The van der Waals surface area contributed by atoms with Gasteiger partial charge in [-0.1, -0.05) is 18.2 Å². The molecule has 0 aliphatic carbocycles. The number of nitrogen functional groups attached to an aromatic ring is 1. The summed E-state index contributed by atoms with van der Waals surface area (Å²) in [6.07, 6.45) is 1.46. The summed E-state index contributed by atoms with van der Waals surface area (Å²) >= 11 is 0. The largest absolute Gasteiger partial charge is 0.385 e. The third-order valence-corrected chi connectivity index (χ3v) is 3.38. The van der Waals surface area contributed by atoms with Crippen LogP contribution < -0.4 is 5.73 Å². The van der Waals surface area contributed by atoms with Gasteiger partial charge in [-0.05, 0) is 30.0 Å². The van der Waals surface area contributed by atoms with Crippen LogP contribution in [0.1, 0.15) is 27.3 Å². The number of nitrogens with one attached hydrogen (secondary N) is 2. The Hall–Kier alpha value is -2.49. The summed E-state index contributed by atoms with van der Waals surface area (Å²) < 4.78 is 0. The number of aromatic nitrogens is 2. The lowest BCUT2D eigenvalue weighted by Crippen LogP contribution is -1.93. The summed E-state index contributed by atoms with van der Waals surface area (Å²) in [6, 6.07) is 10.1. The molecule has 4 N–H and O–H groups in total. The molecule has 0 spiro atoms. The Kier molecular flexibility index (Phi) is 2.63. The molecular formula is C15H15N3O. The Labute approximate surface area is 110 Å². The third-order valence-electron chi connectivity index (χ3n) is 3.38. The Balaban J connectivity index is 1.98. The van der Waals surface area contributed by atoms with E-state index in [0.717, 1.165) is 23.1 Å². The first-order chi connectivity index (χ1) is 9.17. The molecule has 3 rings (SSSR count). The molecule has 3 aromatic rings. The minimum Gasteiger partial charge on any atom is -0.385 e. The van der Waals surface area contributed by atoms with Crippen LogP contribution in [-0.2, 0) is 6.42 Å². The number of H-pyrrole nitrogens is 2. The first kappa shape index (κ1) is 11.6. The van der Waals surface area contributed by atoms with Gasteiger partial charge in [0, 0.05) is 23.2 Å². The van der Waals surface area contributed by atoms with Crippen molar-refractivity contribution in [1.82, 2.24) is 9.97 Å². The smallest absolute Gasteiger partial charge is 0.166 e. The molecule has 0 saturated carbocycles. The van der Waals surface area contributed by atoms with E-state index in [1.165, 1.54) is 10.9 Å². The fourth-order valence-corrected chi connectivity index (χ4v) is 2.41. The number of fused-ring (bicyclic) bond motifs is 1. The average Bonchev–Trinajstić information content (AvgIpc) is 2.95.